The number of phenolic OH excluding ortho intramolecular Hbond substituents is 1. The summed E-state index contributed by atoms with van der Waals surface area (Å²) in [4.78, 5) is 1.49. The Morgan fingerprint density at radius 3 is 2.19 bits per heavy atom. The Bertz CT molecular complexity index is 786. The Kier molecular flexibility index (Phi) is 3.13. The number of hydrogen-bond donors (Lipinski definition) is 1. The van der Waals surface area contributed by atoms with Gasteiger partial charge in [-0.05, 0) is 24.6 Å². The fraction of sp³-hybridized carbons (Fsp3) is 0.200. The van der Waals surface area contributed by atoms with Crippen molar-refractivity contribution in [2.24, 2.45) is 0 Å². The zero-order chi connectivity index (χ0) is 15.0. The first-order valence-electron chi connectivity index (χ1n) is 6.41. The fourth-order valence-electron chi connectivity index (χ4n) is 2.14. The van der Waals surface area contributed by atoms with Crippen molar-refractivity contribution in [3.8, 4) is 22.9 Å². The predicted octanol–water partition coefficient (Wildman–Crippen LogP) is 2.45. The summed E-state index contributed by atoms with van der Waals surface area (Å²) in [6.45, 7) is 2.01. The van der Waals surface area contributed by atoms with Gasteiger partial charge < -0.3 is 14.6 Å². The van der Waals surface area contributed by atoms with Crippen LogP contribution in [-0.2, 0) is 0 Å². The molecule has 0 atom stereocenters. The first-order chi connectivity index (χ1) is 10.1. The third kappa shape index (κ3) is 2.24. The molecule has 0 aliphatic rings. The second kappa shape index (κ2) is 4.97. The molecule has 6 heteroatoms. The molecule has 0 aliphatic heterocycles. The molecule has 0 spiro atoms. The van der Waals surface area contributed by atoms with Gasteiger partial charge in [-0.3, -0.25) is 0 Å². The van der Waals surface area contributed by atoms with Crippen molar-refractivity contribution in [2.45, 2.75) is 6.92 Å². The molecule has 21 heavy (non-hydrogen) atoms. The van der Waals surface area contributed by atoms with E-state index >= 15 is 0 Å². The van der Waals surface area contributed by atoms with E-state index < -0.39 is 0 Å². The van der Waals surface area contributed by atoms with Crippen molar-refractivity contribution in [3.63, 3.8) is 0 Å². The highest BCUT2D eigenvalue weighted by atomic mass is 16.5. The summed E-state index contributed by atoms with van der Waals surface area (Å²) >= 11 is 0. The number of ether oxygens (including phenoxy) is 2. The lowest BCUT2D eigenvalue weighted by molar-refractivity contribution is 0.339. The lowest BCUT2D eigenvalue weighted by Crippen LogP contribution is -2.00. The maximum Gasteiger partial charge on any atom is 0.200 e. The molecule has 0 saturated heterocycles. The van der Waals surface area contributed by atoms with Gasteiger partial charge in [0.2, 0.25) is 5.75 Å². The van der Waals surface area contributed by atoms with Crippen LogP contribution < -0.4 is 9.47 Å². The minimum atomic E-state index is -0.0451. The summed E-state index contributed by atoms with van der Waals surface area (Å²) in [5.41, 5.74) is 3.37. The zero-order valence-electron chi connectivity index (χ0n) is 12.0. The van der Waals surface area contributed by atoms with Crippen molar-refractivity contribution in [3.05, 3.63) is 35.9 Å². The van der Waals surface area contributed by atoms with E-state index in [9.17, 15) is 5.11 Å². The third-order valence-electron chi connectivity index (χ3n) is 3.23. The van der Waals surface area contributed by atoms with Gasteiger partial charge in [0.1, 0.15) is 11.0 Å². The van der Waals surface area contributed by atoms with Crippen molar-refractivity contribution < 1.29 is 14.6 Å². The van der Waals surface area contributed by atoms with Crippen LogP contribution in [0, 0.1) is 6.92 Å². The van der Waals surface area contributed by atoms with Gasteiger partial charge in [-0.25, -0.2) is 0 Å². The molecular weight excluding hydrogens is 270 g/mol. The van der Waals surface area contributed by atoms with Crippen LogP contribution in [0.4, 0.5) is 0 Å². The summed E-state index contributed by atoms with van der Waals surface area (Å²) < 4.78 is 10.3. The van der Waals surface area contributed by atoms with Crippen molar-refractivity contribution in [1.29, 1.82) is 0 Å². The number of nitrogens with zero attached hydrogens (tertiary/aromatic N) is 3. The number of aryl methyl sites for hydroxylation is 1. The van der Waals surface area contributed by atoms with E-state index in [2.05, 4.69) is 10.2 Å². The first-order valence-corrected chi connectivity index (χ1v) is 6.41. The van der Waals surface area contributed by atoms with Gasteiger partial charge in [0.25, 0.3) is 0 Å². The third-order valence-corrected chi connectivity index (χ3v) is 3.23. The Hall–Kier alpha value is -2.76. The van der Waals surface area contributed by atoms with Crippen molar-refractivity contribution >= 4 is 11.0 Å². The predicted molar refractivity (Wildman–Crippen MR) is 78.4 cm³/mol. The minimum absolute atomic E-state index is 0.0451. The van der Waals surface area contributed by atoms with Gasteiger partial charge in [0.15, 0.2) is 11.5 Å². The van der Waals surface area contributed by atoms with E-state index in [0.29, 0.717) is 17.2 Å². The molecule has 3 aromatic rings. The number of phenols is 1. The maximum absolute atomic E-state index is 9.94. The van der Waals surface area contributed by atoms with Gasteiger partial charge in [0.05, 0.1) is 19.9 Å². The second-order valence-corrected chi connectivity index (χ2v) is 4.68. The van der Waals surface area contributed by atoms with E-state index in [1.807, 2.05) is 25.1 Å². The number of aromatic hydroxyl groups is 1. The lowest BCUT2D eigenvalue weighted by atomic mass is 10.2. The van der Waals surface area contributed by atoms with Gasteiger partial charge in [-0.1, -0.05) is 6.07 Å². The summed E-state index contributed by atoms with van der Waals surface area (Å²) in [6.07, 6.45) is 0. The van der Waals surface area contributed by atoms with Crippen molar-refractivity contribution in [2.75, 3.05) is 14.2 Å². The van der Waals surface area contributed by atoms with Gasteiger partial charge in [-0.15, -0.1) is 10.2 Å². The second-order valence-electron chi connectivity index (χ2n) is 4.68. The van der Waals surface area contributed by atoms with E-state index in [-0.39, 0.29) is 5.75 Å². The number of aromatic nitrogens is 3. The van der Waals surface area contributed by atoms with Crippen LogP contribution in [0.2, 0.25) is 0 Å². The van der Waals surface area contributed by atoms with E-state index in [1.54, 1.807) is 12.1 Å². The van der Waals surface area contributed by atoms with Crippen LogP contribution in [-0.4, -0.2) is 34.3 Å². The Morgan fingerprint density at radius 2 is 1.57 bits per heavy atom. The largest absolute Gasteiger partial charge is 0.502 e. The highest BCUT2D eigenvalue weighted by molar-refractivity contribution is 5.74. The first kappa shape index (κ1) is 13.2. The highest BCUT2D eigenvalue weighted by Crippen LogP contribution is 2.38. The van der Waals surface area contributed by atoms with Crippen molar-refractivity contribution in [1.82, 2.24) is 15.0 Å². The zero-order valence-corrected chi connectivity index (χ0v) is 12.0. The molecule has 0 bridgehead atoms. The number of rotatable bonds is 3. The van der Waals surface area contributed by atoms with Gasteiger partial charge in [-0.2, -0.15) is 4.80 Å². The lowest BCUT2D eigenvalue weighted by Gasteiger charge is -2.10. The molecule has 0 saturated carbocycles. The maximum atomic E-state index is 9.94. The van der Waals surface area contributed by atoms with Crippen LogP contribution in [0.1, 0.15) is 5.56 Å². The number of hydrogen-bond acceptors (Lipinski definition) is 5. The molecule has 2 aromatic carbocycles. The van der Waals surface area contributed by atoms with E-state index in [1.165, 1.54) is 19.0 Å². The molecule has 0 aliphatic carbocycles. The number of methoxy groups -OCH3 is 2. The van der Waals surface area contributed by atoms with Crippen LogP contribution in [0.25, 0.3) is 16.7 Å². The highest BCUT2D eigenvalue weighted by Gasteiger charge is 2.14. The van der Waals surface area contributed by atoms with Gasteiger partial charge in [0, 0.05) is 12.1 Å². The smallest absolute Gasteiger partial charge is 0.200 e. The van der Waals surface area contributed by atoms with Crippen LogP contribution in [0.5, 0.6) is 17.2 Å². The molecule has 3 rings (SSSR count). The average Bonchev–Trinajstić information content (AvgIpc) is 2.90. The normalized spacial score (nSPS) is 10.8. The minimum Gasteiger partial charge on any atom is -0.502 e. The summed E-state index contributed by atoms with van der Waals surface area (Å²) in [5, 5.41) is 18.8. The van der Waals surface area contributed by atoms with Crippen LogP contribution in [0.3, 0.4) is 0 Å². The average molecular weight is 285 g/mol. The Labute approximate surface area is 121 Å². The summed E-state index contributed by atoms with van der Waals surface area (Å²) in [7, 11) is 2.96. The molecule has 0 fully saturated rings. The van der Waals surface area contributed by atoms with Crippen LogP contribution in [0.15, 0.2) is 30.3 Å². The molecule has 1 N–H and O–H groups in total. The molecule has 1 aromatic heterocycles. The molecule has 0 unspecified atom stereocenters. The molecule has 0 radical (unpaired) electrons. The van der Waals surface area contributed by atoms with E-state index in [0.717, 1.165) is 16.6 Å². The molecular formula is C15H15N3O3. The Balaban J connectivity index is 2.17. The molecule has 6 nitrogen and oxygen atoms in total. The SMILES string of the molecule is COc1cc(-n2nc3ccc(C)cc3n2)cc(OC)c1O. The van der Waals surface area contributed by atoms with Gasteiger partial charge >= 0.3 is 0 Å². The summed E-state index contributed by atoms with van der Waals surface area (Å²) in [5.74, 6) is 0.570. The molecule has 0 amide bonds. The number of benzene rings is 2. The molecule has 1 heterocycles. The quantitative estimate of drug-likeness (QED) is 0.800. The van der Waals surface area contributed by atoms with E-state index in [4.69, 9.17) is 9.47 Å². The monoisotopic (exact) mass is 285 g/mol. The standard InChI is InChI=1S/C15H15N3O3/c1-9-4-5-11-12(6-9)17-18(16-11)10-7-13(20-2)15(19)14(8-10)21-3/h4-8,19H,1-3H3. The Morgan fingerprint density at radius 1 is 0.952 bits per heavy atom. The topological polar surface area (TPSA) is 69.4 Å². The fourth-order valence-corrected chi connectivity index (χ4v) is 2.14. The summed E-state index contributed by atoms with van der Waals surface area (Å²) in [6, 6.07) is 9.18. The number of fused-ring (bicyclic) bond motifs is 1. The molecule has 108 valence electrons. The van der Waals surface area contributed by atoms with Crippen LogP contribution >= 0.6 is 0 Å².